The minimum absolute atomic E-state index is 0.147. The first-order chi connectivity index (χ1) is 9.78. The van der Waals surface area contributed by atoms with Crippen molar-refractivity contribution in [1.29, 1.82) is 0 Å². The molecule has 0 unspecified atom stereocenters. The quantitative estimate of drug-likeness (QED) is 0.852. The smallest absolute Gasteiger partial charge is 0.254 e. The standard InChI is InChI=1S/C17H17NO2/c1-20-15-8-6-13(7-9-15)10-11-18-12-14-4-2-3-5-16(14)17(18)19/h2-9H,10-12H2,1H3. The summed E-state index contributed by atoms with van der Waals surface area (Å²) < 4.78 is 5.14. The maximum atomic E-state index is 12.2. The Kier molecular flexibility index (Phi) is 3.42. The molecule has 3 rings (SSSR count). The van der Waals surface area contributed by atoms with Crippen LogP contribution in [-0.2, 0) is 13.0 Å². The lowest BCUT2D eigenvalue weighted by Gasteiger charge is -2.15. The van der Waals surface area contributed by atoms with Crippen LogP contribution >= 0.6 is 0 Å². The first-order valence-electron chi connectivity index (χ1n) is 6.78. The average Bonchev–Trinajstić information content (AvgIpc) is 2.83. The van der Waals surface area contributed by atoms with E-state index in [2.05, 4.69) is 0 Å². The van der Waals surface area contributed by atoms with Gasteiger partial charge in [0.15, 0.2) is 0 Å². The predicted octanol–water partition coefficient (Wildman–Crippen LogP) is 2.89. The molecule has 1 aliphatic rings. The Hall–Kier alpha value is -2.29. The summed E-state index contributed by atoms with van der Waals surface area (Å²) in [4.78, 5) is 14.1. The number of hydrogen-bond donors (Lipinski definition) is 0. The maximum absolute atomic E-state index is 12.2. The minimum Gasteiger partial charge on any atom is -0.497 e. The van der Waals surface area contributed by atoms with Crippen LogP contribution in [0.25, 0.3) is 0 Å². The normalized spacial score (nSPS) is 13.4. The summed E-state index contributed by atoms with van der Waals surface area (Å²) in [5.74, 6) is 1.01. The Morgan fingerprint density at radius 3 is 2.55 bits per heavy atom. The van der Waals surface area contributed by atoms with Crippen molar-refractivity contribution in [3.8, 4) is 5.75 Å². The number of methoxy groups -OCH3 is 1. The van der Waals surface area contributed by atoms with Gasteiger partial charge in [-0.25, -0.2) is 0 Å². The molecular formula is C17H17NO2. The zero-order valence-corrected chi connectivity index (χ0v) is 11.5. The van der Waals surface area contributed by atoms with Crippen molar-refractivity contribution in [3.05, 3.63) is 65.2 Å². The van der Waals surface area contributed by atoms with Crippen molar-refractivity contribution < 1.29 is 9.53 Å². The summed E-state index contributed by atoms with van der Waals surface area (Å²) in [6, 6.07) is 15.8. The lowest BCUT2D eigenvalue weighted by molar-refractivity contribution is 0.0780. The number of benzene rings is 2. The van der Waals surface area contributed by atoms with Crippen LogP contribution in [-0.4, -0.2) is 24.5 Å². The molecule has 0 aromatic heterocycles. The van der Waals surface area contributed by atoms with Gasteiger partial charge in [0.25, 0.3) is 5.91 Å². The number of hydrogen-bond acceptors (Lipinski definition) is 2. The summed E-state index contributed by atoms with van der Waals surface area (Å²) in [7, 11) is 1.66. The molecule has 0 fully saturated rings. The van der Waals surface area contributed by atoms with Gasteiger partial charge in [-0.1, -0.05) is 30.3 Å². The van der Waals surface area contributed by atoms with Crippen LogP contribution in [0.2, 0.25) is 0 Å². The van der Waals surface area contributed by atoms with Crippen molar-refractivity contribution in [2.45, 2.75) is 13.0 Å². The minimum atomic E-state index is 0.147. The van der Waals surface area contributed by atoms with Gasteiger partial charge in [-0.2, -0.15) is 0 Å². The van der Waals surface area contributed by atoms with E-state index in [-0.39, 0.29) is 5.91 Å². The van der Waals surface area contributed by atoms with Gasteiger partial charge in [-0.05, 0) is 35.7 Å². The number of fused-ring (bicyclic) bond motifs is 1. The summed E-state index contributed by atoms with van der Waals surface area (Å²) >= 11 is 0. The molecule has 2 aromatic rings. The lowest BCUT2D eigenvalue weighted by atomic mass is 10.1. The second-order valence-electron chi connectivity index (χ2n) is 4.98. The van der Waals surface area contributed by atoms with E-state index < -0.39 is 0 Å². The van der Waals surface area contributed by atoms with Crippen LogP contribution < -0.4 is 4.74 Å². The van der Waals surface area contributed by atoms with Gasteiger partial charge in [0.2, 0.25) is 0 Å². The molecule has 1 aliphatic heterocycles. The molecule has 1 heterocycles. The molecule has 102 valence electrons. The SMILES string of the molecule is COc1ccc(CCN2Cc3ccccc3C2=O)cc1. The van der Waals surface area contributed by atoms with Gasteiger partial charge in [-0.15, -0.1) is 0 Å². The molecular weight excluding hydrogens is 250 g/mol. The van der Waals surface area contributed by atoms with E-state index in [0.717, 1.165) is 36.4 Å². The topological polar surface area (TPSA) is 29.5 Å². The number of rotatable bonds is 4. The molecule has 0 bridgehead atoms. The largest absolute Gasteiger partial charge is 0.497 e. The van der Waals surface area contributed by atoms with E-state index in [1.165, 1.54) is 5.56 Å². The fourth-order valence-electron chi connectivity index (χ4n) is 2.55. The summed E-state index contributed by atoms with van der Waals surface area (Å²) in [5, 5.41) is 0. The van der Waals surface area contributed by atoms with Crippen LogP contribution in [0.15, 0.2) is 48.5 Å². The van der Waals surface area contributed by atoms with Crippen molar-refractivity contribution >= 4 is 5.91 Å². The maximum Gasteiger partial charge on any atom is 0.254 e. The molecule has 0 N–H and O–H groups in total. The van der Waals surface area contributed by atoms with Crippen LogP contribution in [0.4, 0.5) is 0 Å². The second kappa shape index (κ2) is 5.37. The van der Waals surface area contributed by atoms with Crippen LogP contribution in [0.5, 0.6) is 5.75 Å². The molecule has 0 aliphatic carbocycles. The molecule has 0 saturated carbocycles. The van der Waals surface area contributed by atoms with Gasteiger partial charge < -0.3 is 9.64 Å². The van der Waals surface area contributed by atoms with Gasteiger partial charge in [0.05, 0.1) is 7.11 Å². The highest BCUT2D eigenvalue weighted by Crippen LogP contribution is 2.22. The highest BCUT2D eigenvalue weighted by atomic mass is 16.5. The summed E-state index contributed by atoms with van der Waals surface area (Å²) in [6.45, 7) is 1.48. The van der Waals surface area contributed by atoms with E-state index >= 15 is 0 Å². The average molecular weight is 267 g/mol. The lowest BCUT2D eigenvalue weighted by Crippen LogP contribution is -2.26. The van der Waals surface area contributed by atoms with Crippen LogP contribution in [0.1, 0.15) is 21.5 Å². The van der Waals surface area contributed by atoms with Crippen molar-refractivity contribution in [3.63, 3.8) is 0 Å². The van der Waals surface area contributed by atoms with Crippen LogP contribution in [0.3, 0.4) is 0 Å². The van der Waals surface area contributed by atoms with Gasteiger partial charge in [0.1, 0.15) is 5.75 Å². The Labute approximate surface area is 118 Å². The van der Waals surface area contributed by atoms with E-state index in [1.54, 1.807) is 7.11 Å². The van der Waals surface area contributed by atoms with Gasteiger partial charge in [-0.3, -0.25) is 4.79 Å². The number of amides is 1. The predicted molar refractivity (Wildman–Crippen MR) is 77.9 cm³/mol. The van der Waals surface area contributed by atoms with E-state index in [4.69, 9.17) is 4.74 Å². The molecule has 0 saturated heterocycles. The first kappa shape index (κ1) is 12.7. The van der Waals surface area contributed by atoms with Crippen molar-refractivity contribution in [2.24, 2.45) is 0 Å². The fourth-order valence-corrected chi connectivity index (χ4v) is 2.55. The zero-order valence-electron chi connectivity index (χ0n) is 11.5. The monoisotopic (exact) mass is 267 g/mol. The summed E-state index contributed by atoms with van der Waals surface area (Å²) in [5.41, 5.74) is 3.20. The number of carbonyl (C=O) groups excluding carboxylic acids is 1. The molecule has 0 spiro atoms. The first-order valence-corrected chi connectivity index (χ1v) is 6.78. The molecule has 0 atom stereocenters. The Morgan fingerprint density at radius 1 is 1.10 bits per heavy atom. The van der Waals surface area contributed by atoms with E-state index in [9.17, 15) is 4.79 Å². The Bertz CT molecular complexity index is 619. The second-order valence-corrected chi connectivity index (χ2v) is 4.98. The third-order valence-electron chi connectivity index (χ3n) is 3.73. The number of carbonyl (C=O) groups is 1. The Morgan fingerprint density at radius 2 is 1.85 bits per heavy atom. The van der Waals surface area contributed by atoms with Gasteiger partial charge in [0, 0.05) is 18.7 Å². The van der Waals surface area contributed by atoms with Crippen LogP contribution in [0, 0.1) is 0 Å². The molecule has 3 heteroatoms. The van der Waals surface area contributed by atoms with E-state index in [1.807, 2.05) is 53.4 Å². The third-order valence-corrected chi connectivity index (χ3v) is 3.73. The van der Waals surface area contributed by atoms with Crippen molar-refractivity contribution in [2.75, 3.05) is 13.7 Å². The fraction of sp³-hybridized carbons (Fsp3) is 0.235. The highest BCUT2D eigenvalue weighted by Gasteiger charge is 2.25. The number of nitrogens with zero attached hydrogens (tertiary/aromatic N) is 1. The molecule has 1 amide bonds. The third kappa shape index (κ3) is 2.39. The van der Waals surface area contributed by atoms with E-state index in [0.29, 0.717) is 0 Å². The molecule has 2 aromatic carbocycles. The Balaban J connectivity index is 1.64. The summed E-state index contributed by atoms with van der Waals surface area (Å²) in [6.07, 6.45) is 0.865. The molecule has 0 radical (unpaired) electrons. The van der Waals surface area contributed by atoms with Gasteiger partial charge >= 0.3 is 0 Å². The number of ether oxygens (including phenoxy) is 1. The highest BCUT2D eigenvalue weighted by molar-refractivity contribution is 5.98. The molecule has 3 nitrogen and oxygen atoms in total. The molecule has 20 heavy (non-hydrogen) atoms. The van der Waals surface area contributed by atoms with Crippen molar-refractivity contribution in [1.82, 2.24) is 4.90 Å². The zero-order chi connectivity index (χ0) is 13.9.